The van der Waals surface area contributed by atoms with Crippen molar-refractivity contribution in [1.29, 1.82) is 0 Å². The van der Waals surface area contributed by atoms with Gasteiger partial charge in [-0.05, 0) is 56.0 Å². The molecule has 188 valence electrons. The number of benzene rings is 2. The Morgan fingerprint density at radius 3 is 2.43 bits per heavy atom. The first-order valence-corrected chi connectivity index (χ1v) is 13.1. The average Bonchev–Trinajstić information content (AvgIpc) is 2.87. The number of carbonyl (C=O) groups is 2. The van der Waals surface area contributed by atoms with Gasteiger partial charge in [-0.25, -0.2) is 13.9 Å². The second kappa shape index (κ2) is 14.8. The minimum Gasteiger partial charge on any atom is -0.481 e. The number of rotatable bonds is 14. The largest absolute Gasteiger partial charge is 0.481 e. The first-order chi connectivity index (χ1) is 16.9. The van der Waals surface area contributed by atoms with Crippen molar-refractivity contribution in [1.82, 2.24) is 10.8 Å². The molecule has 2 amide bonds. The van der Waals surface area contributed by atoms with Gasteiger partial charge in [-0.3, -0.25) is 14.8 Å². The molecule has 0 saturated heterocycles. The van der Waals surface area contributed by atoms with Crippen molar-refractivity contribution >= 4 is 21.7 Å². The zero-order chi connectivity index (χ0) is 25.5. The first-order valence-electron chi connectivity index (χ1n) is 11.5. The molecule has 0 saturated carbocycles. The summed E-state index contributed by atoms with van der Waals surface area (Å²) in [6.45, 7) is 2.33. The minimum atomic E-state index is -3.77. The molecule has 2 aromatic carbocycles. The lowest BCUT2D eigenvalue weighted by Gasteiger charge is -2.15. The molecule has 2 aromatic rings. The van der Waals surface area contributed by atoms with Crippen molar-refractivity contribution in [2.45, 2.75) is 43.9 Å². The van der Waals surface area contributed by atoms with E-state index in [2.05, 4.69) is 17.2 Å². The number of hydrogen-bond acceptors (Lipinski definition) is 6. The monoisotopic (exact) mass is 500 g/mol. The molecule has 0 radical (unpaired) electrons. The van der Waals surface area contributed by atoms with Crippen LogP contribution in [0.4, 0.5) is 0 Å². The number of amides is 2. The zero-order valence-corrected chi connectivity index (χ0v) is 20.6. The number of ether oxygens (including phenoxy) is 1. The predicted octanol–water partition coefficient (Wildman–Crippen LogP) is 2.90. The van der Waals surface area contributed by atoms with E-state index in [9.17, 15) is 18.0 Å². The Morgan fingerprint density at radius 1 is 1.06 bits per heavy atom. The molecular weight excluding hydrogens is 468 g/mol. The van der Waals surface area contributed by atoms with E-state index in [1.807, 2.05) is 30.3 Å². The van der Waals surface area contributed by atoms with Crippen molar-refractivity contribution in [2.75, 3.05) is 18.9 Å². The van der Waals surface area contributed by atoms with Crippen LogP contribution in [0.3, 0.4) is 0 Å². The van der Waals surface area contributed by atoms with Crippen molar-refractivity contribution in [3.63, 3.8) is 0 Å². The summed E-state index contributed by atoms with van der Waals surface area (Å²) in [7, 11) is -3.77. The fourth-order valence-electron chi connectivity index (χ4n) is 3.41. The van der Waals surface area contributed by atoms with Crippen LogP contribution in [0.15, 0.2) is 59.5 Å². The second-order valence-electron chi connectivity index (χ2n) is 7.97. The quantitative estimate of drug-likeness (QED) is 0.159. The fourth-order valence-corrected chi connectivity index (χ4v) is 5.00. The third-order valence-corrected chi connectivity index (χ3v) is 7.19. The Bertz CT molecular complexity index is 1110. The third-order valence-electron chi connectivity index (χ3n) is 5.36. The van der Waals surface area contributed by atoms with Gasteiger partial charge in [0.15, 0.2) is 9.84 Å². The molecule has 0 aliphatic heterocycles. The summed E-state index contributed by atoms with van der Waals surface area (Å²) in [6.07, 6.45) is 2.39. The maximum Gasteiger partial charge on any atom is 0.247 e. The molecule has 35 heavy (non-hydrogen) atoms. The van der Waals surface area contributed by atoms with Crippen LogP contribution in [0.2, 0.25) is 0 Å². The molecule has 0 heterocycles. The molecule has 0 aromatic heterocycles. The highest BCUT2D eigenvalue weighted by atomic mass is 32.2. The number of nitrogens with one attached hydrogen (secondary N) is 2. The fraction of sp³-hybridized carbons (Fsp3) is 0.385. The summed E-state index contributed by atoms with van der Waals surface area (Å²) in [4.78, 5) is 24.2. The van der Waals surface area contributed by atoms with E-state index in [-0.39, 0.29) is 23.8 Å². The summed E-state index contributed by atoms with van der Waals surface area (Å²) < 4.78 is 31.0. The van der Waals surface area contributed by atoms with Gasteiger partial charge >= 0.3 is 0 Å². The lowest BCUT2D eigenvalue weighted by molar-refractivity contribution is -0.133. The van der Waals surface area contributed by atoms with Gasteiger partial charge in [-0.1, -0.05) is 42.7 Å². The SMILES string of the molecule is CC#CCOc1ccc(S(=O)(=O)CC(CCCCNC(=O)CCc2ccccc2)C(=O)NO)cc1. The molecule has 1 unspecified atom stereocenters. The average molecular weight is 501 g/mol. The number of sulfone groups is 1. The summed E-state index contributed by atoms with van der Waals surface area (Å²) in [6, 6.07) is 15.6. The van der Waals surface area contributed by atoms with Crippen LogP contribution in [-0.2, 0) is 25.8 Å². The molecule has 2 rings (SSSR count). The van der Waals surface area contributed by atoms with E-state index in [1.54, 1.807) is 12.4 Å². The van der Waals surface area contributed by atoms with Gasteiger partial charge in [0.05, 0.1) is 16.6 Å². The molecule has 8 nitrogen and oxygen atoms in total. The van der Waals surface area contributed by atoms with E-state index < -0.39 is 27.4 Å². The predicted molar refractivity (Wildman–Crippen MR) is 132 cm³/mol. The van der Waals surface area contributed by atoms with Crippen LogP contribution in [0.5, 0.6) is 5.75 Å². The van der Waals surface area contributed by atoms with Crippen LogP contribution in [0, 0.1) is 17.8 Å². The maximum atomic E-state index is 12.8. The van der Waals surface area contributed by atoms with Gasteiger partial charge in [0.2, 0.25) is 11.8 Å². The number of carbonyl (C=O) groups excluding carboxylic acids is 2. The molecule has 0 aliphatic rings. The second-order valence-corrected chi connectivity index (χ2v) is 10.0. The molecule has 9 heteroatoms. The van der Waals surface area contributed by atoms with Gasteiger partial charge in [0.1, 0.15) is 12.4 Å². The minimum absolute atomic E-state index is 0.0600. The number of unbranched alkanes of at least 4 members (excludes halogenated alkanes) is 1. The molecule has 0 bridgehead atoms. The lowest BCUT2D eigenvalue weighted by Crippen LogP contribution is -2.33. The summed E-state index contributed by atoms with van der Waals surface area (Å²) >= 11 is 0. The van der Waals surface area contributed by atoms with E-state index in [4.69, 9.17) is 9.94 Å². The highest BCUT2D eigenvalue weighted by molar-refractivity contribution is 7.91. The Hall–Kier alpha value is -3.35. The zero-order valence-electron chi connectivity index (χ0n) is 19.8. The van der Waals surface area contributed by atoms with Crippen LogP contribution >= 0.6 is 0 Å². The Balaban J connectivity index is 1.80. The van der Waals surface area contributed by atoms with Gasteiger partial charge in [0, 0.05) is 13.0 Å². The first kappa shape index (κ1) is 27.9. The summed E-state index contributed by atoms with van der Waals surface area (Å²) in [5.41, 5.74) is 2.65. The van der Waals surface area contributed by atoms with E-state index in [1.165, 1.54) is 24.3 Å². The summed E-state index contributed by atoms with van der Waals surface area (Å²) in [5, 5.41) is 11.9. The van der Waals surface area contributed by atoms with Crippen molar-refractivity contribution < 1.29 is 28.0 Å². The van der Waals surface area contributed by atoms with Gasteiger partial charge in [-0.2, -0.15) is 0 Å². The highest BCUT2D eigenvalue weighted by Gasteiger charge is 2.26. The van der Waals surface area contributed by atoms with E-state index in [0.29, 0.717) is 38.0 Å². The van der Waals surface area contributed by atoms with Crippen LogP contribution in [0.25, 0.3) is 0 Å². The Morgan fingerprint density at radius 2 is 1.77 bits per heavy atom. The number of aryl methyl sites for hydroxylation is 1. The Kier molecular flexibility index (Phi) is 11.8. The van der Waals surface area contributed by atoms with E-state index >= 15 is 0 Å². The summed E-state index contributed by atoms with van der Waals surface area (Å²) in [5.74, 6) is 3.77. The lowest BCUT2D eigenvalue weighted by atomic mass is 10.0. The number of hydroxylamine groups is 1. The normalized spacial score (nSPS) is 11.6. The standard InChI is InChI=1S/C26H32N2O6S/c1-2-3-19-34-23-13-15-24(16-14-23)35(32,33)20-22(26(30)28-31)11-7-8-18-27-25(29)17-12-21-9-5-4-6-10-21/h4-6,9-10,13-16,22,31H,7-8,11-12,17-20H2,1H3,(H,27,29)(H,28,30). The molecule has 1 atom stereocenters. The van der Waals surface area contributed by atoms with Crippen molar-refractivity contribution in [3.8, 4) is 17.6 Å². The van der Waals surface area contributed by atoms with Crippen LogP contribution in [-0.4, -0.2) is 44.3 Å². The van der Waals surface area contributed by atoms with Crippen molar-refractivity contribution in [3.05, 3.63) is 60.2 Å². The van der Waals surface area contributed by atoms with Crippen molar-refractivity contribution in [2.24, 2.45) is 5.92 Å². The molecule has 0 fully saturated rings. The molecule has 0 spiro atoms. The third kappa shape index (κ3) is 10.2. The molecule has 0 aliphatic carbocycles. The highest BCUT2D eigenvalue weighted by Crippen LogP contribution is 2.21. The van der Waals surface area contributed by atoms with Gasteiger partial charge < -0.3 is 10.1 Å². The Labute approximate surface area is 207 Å². The topological polar surface area (TPSA) is 122 Å². The molecular formula is C26H32N2O6S. The van der Waals surface area contributed by atoms with Gasteiger partial charge in [-0.15, -0.1) is 5.92 Å². The number of hydrogen-bond donors (Lipinski definition) is 3. The van der Waals surface area contributed by atoms with E-state index in [0.717, 1.165) is 5.56 Å². The maximum absolute atomic E-state index is 12.8. The van der Waals surface area contributed by atoms with Crippen LogP contribution in [0.1, 0.15) is 38.2 Å². The van der Waals surface area contributed by atoms with Crippen LogP contribution < -0.4 is 15.5 Å². The molecule has 3 N–H and O–H groups in total. The van der Waals surface area contributed by atoms with Gasteiger partial charge in [0.25, 0.3) is 0 Å². The smallest absolute Gasteiger partial charge is 0.247 e.